The number of rotatable bonds is 7. The minimum atomic E-state index is -0.711. The van der Waals surface area contributed by atoms with Crippen molar-refractivity contribution >= 4 is 27.9 Å². The Balaban J connectivity index is 2.11. The van der Waals surface area contributed by atoms with Crippen molar-refractivity contribution in [3.8, 4) is 11.5 Å². The number of halogens is 1. The summed E-state index contributed by atoms with van der Waals surface area (Å²) in [7, 11) is 5.68. The highest BCUT2D eigenvalue weighted by atomic mass is 79.9. The zero-order valence-corrected chi connectivity index (χ0v) is 19.6. The molecule has 1 atom stereocenters. The van der Waals surface area contributed by atoms with Gasteiger partial charge in [0.05, 0.1) is 56.1 Å². The van der Waals surface area contributed by atoms with Gasteiger partial charge in [-0.15, -0.1) is 0 Å². The fourth-order valence-corrected chi connectivity index (χ4v) is 4.50. The zero-order chi connectivity index (χ0) is 22.5. The molecule has 0 aliphatic carbocycles. The van der Waals surface area contributed by atoms with Gasteiger partial charge in [0.1, 0.15) is 0 Å². The van der Waals surface area contributed by atoms with Gasteiger partial charge in [0, 0.05) is 25.6 Å². The molecule has 2 aliphatic rings. The smallest absolute Gasteiger partial charge is 0.336 e. The highest BCUT2D eigenvalue weighted by molar-refractivity contribution is 9.10. The predicted octanol–water partition coefficient (Wildman–Crippen LogP) is 3.16. The second-order valence-corrected chi connectivity index (χ2v) is 8.01. The summed E-state index contributed by atoms with van der Waals surface area (Å²) in [5, 5.41) is 0. The Morgan fingerprint density at radius 3 is 2.19 bits per heavy atom. The Morgan fingerprint density at radius 1 is 1.06 bits per heavy atom. The number of methoxy groups -OCH3 is 4. The van der Waals surface area contributed by atoms with Gasteiger partial charge in [0.15, 0.2) is 11.5 Å². The summed E-state index contributed by atoms with van der Waals surface area (Å²) in [5.41, 5.74) is 1.26. The fraction of sp³-hybridized carbons (Fsp3) is 0.455. The summed E-state index contributed by atoms with van der Waals surface area (Å²) in [6, 6.07) is 3.52. The lowest BCUT2D eigenvalue weighted by Gasteiger charge is -2.31. The number of carbonyl (C=O) groups excluding carboxylic acids is 2. The van der Waals surface area contributed by atoms with Gasteiger partial charge in [-0.2, -0.15) is 0 Å². The Bertz CT molecular complexity index is 871. The van der Waals surface area contributed by atoms with E-state index in [0.29, 0.717) is 45.8 Å². The molecule has 0 saturated carbocycles. The number of carbonyl (C=O) groups is 2. The molecule has 0 spiro atoms. The van der Waals surface area contributed by atoms with Crippen LogP contribution in [-0.2, 0) is 23.8 Å². The molecule has 0 aromatic heterocycles. The maximum atomic E-state index is 12.8. The summed E-state index contributed by atoms with van der Waals surface area (Å²) in [4.78, 5) is 27.3. The first kappa shape index (κ1) is 23.1. The lowest BCUT2D eigenvalue weighted by atomic mass is 9.83. The molecule has 0 amide bonds. The van der Waals surface area contributed by atoms with Crippen LogP contribution < -0.4 is 9.47 Å². The van der Waals surface area contributed by atoms with Gasteiger partial charge in [-0.1, -0.05) is 0 Å². The van der Waals surface area contributed by atoms with Gasteiger partial charge in [-0.05, 0) is 46.5 Å². The van der Waals surface area contributed by atoms with Crippen molar-refractivity contribution in [2.24, 2.45) is 0 Å². The van der Waals surface area contributed by atoms with E-state index >= 15 is 0 Å². The molecule has 9 heteroatoms. The van der Waals surface area contributed by atoms with Crippen LogP contribution in [0, 0.1) is 0 Å². The monoisotopic (exact) mass is 495 g/mol. The summed E-state index contributed by atoms with van der Waals surface area (Å²) in [6.07, 6.45) is 5.34. The number of hydrogen-bond donors (Lipinski definition) is 0. The highest BCUT2D eigenvalue weighted by Gasteiger charge is 2.36. The van der Waals surface area contributed by atoms with Crippen molar-refractivity contribution in [2.45, 2.75) is 24.9 Å². The van der Waals surface area contributed by atoms with Gasteiger partial charge in [-0.25, -0.2) is 9.59 Å². The Hall–Kier alpha value is -2.52. The van der Waals surface area contributed by atoms with Crippen LogP contribution in [0.2, 0.25) is 0 Å². The van der Waals surface area contributed by atoms with Crippen LogP contribution >= 0.6 is 15.9 Å². The van der Waals surface area contributed by atoms with Crippen molar-refractivity contribution < 1.29 is 33.3 Å². The molecule has 2 heterocycles. The molecule has 0 bridgehead atoms. The Kier molecular flexibility index (Phi) is 7.61. The van der Waals surface area contributed by atoms with E-state index in [2.05, 4.69) is 15.9 Å². The van der Waals surface area contributed by atoms with E-state index in [0.717, 1.165) is 12.8 Å². The van der Waals surface area contributed by atoms with Gasteiger partial charge >= 0.3 is 11.9 Å². The first-order valence-electron chi connectivity index (χ1n) is 9.82. The molecule has 31 heavy (non-hydrogen) atoms. The quantitative estimate of drug-likeness (QED) is 0.533. The van der Waals surface area contributed by atoms with Gasteiger partial charge in [-0.3, -0.25) is 0 Å². The summed E-state index contributed by atoms with van der Waals surface area (Å²) in [5.74, 6) is -0.821. The van der Waals surface area contributed by atoms with E-state index in [1.54, 1.807) is 29.4 Å². The molecule has 2 aliphatic heterocycles. The lowest BCUT2D eigenvalue weighted by Crippen LogP contribution is -2.32. The van der Waals surface area contributed by atoms with E-state index in [1.807, 2.05) is 0 Å². The summed E-state index contributed by atoms with van der Waals surface area (Å²) in [6.45, 7) is 1.23. The number of benzene rings is 1. The maximum Gasteiger partial charge on any atom is 0.336 e. The van der Waals surface area contributed by atoms with Crippen molar-refractivity contribution in [1.82, 2.24) is 4.90 Å². The molecule has 0 unspecified atom stereocenters. The first-order valence-corrected chi connectivity index (χ1v) is 10.6. The molecule has 3 rings (SSSR count). The van der Waals surface area contributed by atoms with Gasteiger partial charge in [0.2, 0.25) is 0 Å². The molecule has 8 nitrogen and oxygen atoms in total. The van der Waals surface area contributed by atoms with Crippen LogP contribution in [0.3, 0.4) is 0 Å². The second-order valence-electron chi connectivity index (χ2n) is 7.16. The van der Waals surface area contributed by atoms with Crippen molar-refractivity contribution in [3.63, 3.8) is 0 Å². The standard InChI is InChI=1S/C22H26BrNO7/c1-27-18-9-13(8-17(23)20(18)28-2)19-15(21(25)29-3)11-24(10-14-6-5-7-31-14)12-16(19)22(26)30-4/h8-9,11-12,14,19H,5-7,10H2,1-4H3/t14-/m0/s1. The third-order valence-corrected chi connectivity index (χ3v) is 5.89. The van der Waals surface area contributed by atoms with Crippen LogP contribution in [0.4, 0.5) is 0 Å². The van der Waals surface area contributed by atoms with Crippen LogP contribution in [0.5, 0.6) is 11.5 Å². The van der Waals surface area contributed by atoms with Crippen LogP contribution in [0.15, 0.2) is 40.2 Å². The molecule has 1 aromatic carbocycles. The molecule has 0 radical (unpaired) electrons. The van der Waals surface area contributed by atoms with E-state index < -0.39 is 17.9 Å². The first-order chi connectivity index (χ1) is 14.9. The topological polar surface area (TPSA) is 83.5 Å². The van der Waals surface area contributed by atoms with Crippen LogP contribution in [0.1, 0.15) is 24.3 Å². The third kappa shape index (κ3) is 4.88. The second kappa shape index (κ2) is 10.2. The molecule has 168 valence electrons. The van der Waals surface area contributed by atoms with Crippen molar-refractivity contribution in [2.75, 3.05) is 41.6 Å². The molecule has 0 N–H and O–H groups in total. The van der Waals surface area contributed by atoms with Gasteiger partial charge < -0.3 is 28.6 Å². The molecule has 1 fully saturated rings. The van der Waals surface area contributed by atoms with Gasteiger partial charge in [0.25, 0.3) is 0 Å². The van der Waals surface area contributed by atoms with Crippen molar-refractivity contribution in [3.05, 3.63) is 45.7 Å². The van der Waals surface area contributed by atoms with E-state index in [1.165, 1.54) is 28.4 Å². The maximum absolute atomic E-state index is 12.8. The largest absolute Gasteiger partial charge is 0.493 e. The van der Waals surface area contributed by atoms with Crippen molar-refractivity contribution in [1.29, 1.82) is 0 Å². The fourth-order valence-electron chi connectivity index (χ4n) is 3.88. The molecule has 1 aromatic rings. The minimum absolute atomic E-state index is 0.0251. The normalized spacial score (nSPS) is 18.9. The molecular weight excluding hydrogens is 470 g/mol. The lowest BCUT2D eigenvalue weighted by molar-refractivity contribution is -0.137. The predicted molar refractivity (Wildman–Crippen MR) is 116 cm³/mol. The van der Waals surface area contributed by atoms with Crippen LogP contribution in [-0.4, -0.2) is 64.5 Å². The zero-order valence-electron chi connectivity index (χ0n) is 18.0. The van der Waals surface area contributed by atoms with E-state index in [-0.39, 0.29) is 6.10 Å². The Morgan fingerprint density at radius 2 is 1.71 bits per heavy atom. The molecule has 1 saturated heterocycles. The third-order valence-electron chi connectivity index (χ3n) is 5.30. The molecular formula is C22H26BrNO7. The average molecular weight is 496 g/mol. The number of hydrogen-bond acceptors (Lipinski definition) is 8. The number of nitrogens with zero attached hydrogens (tertiary/aromatic N) is 1. The summed E-state index contributed by atoms with van der Waals surface area (Å²) >= 11 is 3.48. The minimum Gasteiger partial charge on any atom is -0.493 e. The average Bonchev–Trinajstić information content (AvgIpc) is 3.29. The van der Waals surface area contributed by atoms with E-state index in [9.17, 15) is 9.59 Å². The SMILES string of the molecule is COC(=O)C1=CN(C[C@@H]2CCCO2)C=C(C(=O)OC)C1c1cc(Br)c(OC)c(OC)c1. The summed E-state index contributed by atoms with van der Waals surface area (Å²) < 4.78 is 27.3. The Labute approximate surface area is 189 Å². The number of ether oxygens (including phenoxy) is 5. The van der Waals surface area contributed by atoms with Crippen LogP contribution in [0.25, 0.3) is 0 Å². The highest BCUT2D eigenvalue weighted by Crippen LogP contribution is 2.43. The number of esters is 2. The van der Waals surface area contributed by atoms with E-state index in [4.69, 9.17) is 23.7 Å².